The summed E-state index contributed by atoms with van der Waals surface area (Å²) >= 11 is 3.29. The van der Waals surface area contributed by atoms with Gasteiger partial charge in [-0.2, -0.15) is 0 Å². The van der Waals surface area contributed by atoms with Gasteiger partial charge in [-0.05, 0) is 43.5 Å². The summed E-state index contributed by atoms with van der Waals surface area (Å²) < 4.78 is 39.9. The van der Waals surface area contributed by atoms with Crippen molar-refractivity contribution in [2.24, 2.45) is 0 Å². The van der Waals surface area contributed by atoms with Crippen LogP contribution in [0.1, 0.15) is 25.3 Å². The molecule has 0 aliphatic heterocycles. The van der Waals surface area contributed by atoms with Crippen LogP contribution in [-0.2, 0) is 10.0 Å². The highest BCUT2D eigenvalue weighted by molar-refractivity contribution is 9.09. The minimum absolute atomic E-state index is 0.112. The third-order valence-corrected chi connectivity index (χ3v) is 4.84. The number of rotatable bonds is 6. The van der Waals surface area contributed by atoms with Crippen LogP contribution < -0.4 is 4.72 Å². The molecule has 0 aliphatic rings. The Morgan fingerprint density at radius 1 is 1.44 bits per heavy atom. The third kappa shape index (κ3) is 4.03. The molecule has 0 amide bonds. The minimum atomic E-state index is -3.58. The zero-order valence-electron chi connectivity index (χ0n) is 10.4. The lowest BCUT2D eigenvalue weighted by atomic mass is 10.2. The molecule has 3 nitrogen and oxygen atoms in total. The zero-order chi connectivity index (χ0) is 13.8. The van der Waals surface area contributed by atoms with Gasteiger partial charge in [-0.15, -0.1) is 0 Å². The predicted molar refractivity (Wildman–Crippen MR) is 73.9 cm³/mol. The Morgan fingerprint density at radius 2 is 2.11 bits per heavy atom. The first-order valence-corrected chi connectivity index (χ1v) is 8.35. The molecule has 0 saturated heterocycles. The van der Waals surface area contributed by atoms with Crippen molar-refractivity contribution < 1.29 is 12.8 Å². The summed E-state index contributed by atoms with van der Waals surface area (Å²) in [6, 6.07) is 3.57. The molecule has 0 fully saturated rings. The highest BCUT2D eigenvalue weighted by atomic mass is 79.9. The highest BCUT2D eigenvalue weighted by Gasteiger charge is 2.20. The Kier molecular flexibility index (Phi) is 5.75. The largest absolute Gasteiger partial charge is 0.241 e. The fourth-order valence-corrected chi connectivity index (χ4v) is 3.81. The number of alkyl halides is 1. The van der Waals surface area contributed by atoms with Gasteiger partial charge in [0.1, 0.15) is 5.82 Å². The molecule has 0 aromatic heterocycles. The van der Waals surface area contributed by atoms with Crippen molar-refractivity contribution in [2.45, 2.75) is 37.6 Å². The minimum Gasteiger partial charge on any atom is -0.208 e. The average Bonchev–Trinajstić information content (AvgIpc) is 2.27. The zero-order valence-corrected chi connectivity index (χ0v) is 12.8. The normalized spacial score (nSPS) is 13.6. The van der Waals surface area contributed by atoms with E-state index in [1.54, 1.807) is 6.92 Å². The van der Waals surface area contributed by atoms with Crippen LogP contribution in [0, 0.1) is 12.7 Å². The Labute approximate surface area is 116 Å². The fraction of sp³-hybridized carbons (Fsp3) is 0.500. The molecular weight excluding hydrogens is 321 g/mol. The van der Waals surface area contributed by atoms with E-state index in [9.17, 15) is 12.8 Å². The smallest absolute Gasteiger partial charge is 0.208 e. The topological polar surface area (TPSA) is 46.2 Å². The monoisotopic (exact) mass is 337 g/mol. The van der Waals surface area contributed by atoms with E-state index in [2.05, 4.69) is 20.7 Å². The van der Waals surface area contributed by atoms with Crippen molar-refractivity contribution in [3.63, 3.8) is 0 Å². The van der Waals surface area contributed by atoms with Crippen molar-refractivity contribution in [1.29, 1.82) is 0 Å². The molecular formula is C12H17BrFNO2S. The van der Waals surface area contributed by atoms with Gasteiger partial charge in [0.2, 0.25) is 10.0 Å². The number of halogens is 2. The first-order chi connectivity index (χ1) is 8.40. The lowest BCUT2D eigenvalue weighted by Gasteiger charge is -2.17. The predicted octanol–water partition coefficient (Wildman–Crippen LogP) is 2.98. The van der Waals surface area contributed by atoms with E-state index in [4.69, 9.17) is 0 Å². The molecule has 1 atom stereocenters. The first-order valence-electron chi connectivity index (χ1n) is 5.75. The molecule has 0 radical (unpaired) electrons. The summed E-state index contributed by atoms with van der Waals surface area (Å²) in [5.74, 6) is -0.432. The average molecular weight is 338 g/mol. The number of hydrogen-bond donors (Lipinski definition) is 1. The van der Waals surface area contributed by atoms with Crippen LogP contribution in [0.4, 0.5) is 4.39 Å². The van der Waals surface area contributed by atoms with Crippen molar-refractivity contribution in [3.8, 4) is 0 Å². The molecule has 1 aromatic rings. The lowest BCUT2D eigenvalue weighted by Crippen LogP contribution is -2.35. The third-order valence-electron chi connectivity index (χ3n) is 2.70. The molecule has 6 heteroatoms. The maximum Gasteiger partial charge on any atom is 0.241 e. The molecule has 0 saturated carbocycles. The summed E-state index contributed by atoms with van der Waals surface area (Å²) in [6.45, 7) is 3.51. The van der Waals surface area contributed by atoms with E-state index in [1.807, 2.05) is 6.92 Å². The second-order valence-corrected chi connectivity index (χ2v) is 6.59. The number of hydrogen-bond acceptors (Lipinski definition) is 2. The first kappa shape index (κ1) is 15.6. The van der Waals surface area contributed by atoms with E-state index >= 15 is 0 Å². The van der Waals surface area contributed by atoms with E-state index in [0.717, 1.165) is 17.8 Å². The fourth-order valence-electron chi connectivity index (χ4n) is 1.68. The van der Waals surface area contributed by atoms with Crippen LogP contribution in [-0.4, -0.2) is 19.8 Å². The summed E-state index contributed by atoms with van der Waals surface area (Å²) in [5.41, 5.74) is 0.413. The van der Waals surface area contributed by atoms with Crippen molar-refractivity contribution in [3.05, 3.63) is 29.6 Å². The number of sulfonamides is 1. The quantitative estimate of drug-likeness (QED) is 0.811. The van der Waals surface area contributed by atoms with Crippen molar-refractivity contribution in [1.82, 2.24) is 4.72 Å². The highest BCUT2D eigenvalue weighted by Crippen LogP contribution is 2.17. The van der Waals surface area contributed by atoms with E-state index in [1.165, 1.54) is 12.1 Å². The van der Waals surface area contributed by atoms with Gasteiger partial charge in [-0.25, -0.2) is 17.5 Å². The molecule has 0 heterocycles. The van der Waals surface area contributed by atoms with E-state index in [0.29, 0.717) is 12.0 Å². The molecule has 0 bridgehead atoms. The number of aryl methyl sites for hydroxylation is 1. The lowest BCUT2D eigenvalue weighted by molar-refractivity contribution is 0.532. The maximum absolute atomic E-state index is 13.0. The van der Waals surface area contributed by atoms with Gasteiger partial charge in [0.05, 0.1) is 4.90 Å². The van der Waals surface area contributed by atoms with Gasteiger partial charge in [0.15, 0.2) is 0 Å². The Hall–Kier alpha value is -0.460. The molecule has 0 spiro atoms. The van der Waals surface area contributed by atoms with Crippen LogP contribution in [0.2, 0.25) is 0 Å². The van der Waals surface area contributed by atoms with Gasteiger partial charge < -0.3 is 0 Å². The Balaban J connectivity index is 2.99. The van der Waals surface area contributed by atoms with E-state index < -0.39 is 15.8 Å². The van der Waals surface area contributed by atoms with Crippen LogP contribution >= 0.6 is 15.9 Å². The molecule has 1 unspecified atom stereocenters. The SMILES string of the molecule is CCC(CCBr)NS(=O)(=O)c1ccc(F)cc1C. The van der Waals surface area contributed by atoms with Gasteiger partial charge >= 0.3 is 0 Å². The molecule has 1 aromatic carbocycles. The van der Waals surface area contributed by atoms with E-state index in [-0.39, 0.29) is 10.9 Å². The molecule has 18 heavy (non-hydrogen) atoms. The van der Waals surface area contributed by atoms with Crippen molar-refractivity contribution in [2.75, 3.05) is 5.33 Å². The van der Waals surface area contributed by atoms with Gasteiger partial charge in [0.25, 0.3) is 0 Å². The molecule has 0 aliphatic carbocycles. The van der Waals surface area contributed by atoms with Gasteiger partial charge in [-0.3, -0.25) is 0 Å². The van der Waals surface area contributed by atoms with Gasteiger partial charge in [0, 0.05) is 11.4 Å². The maximum atomic E-state index is 13.0. The van der Waals surface area contributed by atoms with Gasteiger partial charge in [-0.1, -0.05) is 22.9 Å². The Morgan fingerprint density at radius 3 is 2.61 bits per heavy atom. The second kappa shape index (κ2) is 6.63. The molecule has 1 N–H and O–H groups in total. The summed E-state index contributed by atoms with van der Waals surface area (Å²) in [7, 11) is -3.58. The second-order valence-electron chi connectivity index (χ2n) is 4.11. The van der Waals surface area contributed by atoms with Crippen LogP contribution in [0.15, 0.2) is 23.1 Å². The molecule has 102 valence electrons. The van der Waals surface area contributed by atoms with Crippen LogP contribution in [0.3, 0.4) is 0 Å². The summed E-state index contributed by atoms with van der Waals surface area (Å²) in [6.07, 6.45) is 1.43. The summed E-state index contributed by atoms with van der Waals surface area (Å²) in [5, 5.41) is 0.733. The Bertz CT molecular complexity index is 505. The van der Waals surface area contributed by atoms with Crippen LogP contribution in [0.25, 0.3) is 0 Å². The summed E-state index contributed by atoms with van der Waals surface area (Å²) in [4.78, 5) is 0.136. The number of benzene rings is 1. The van der Waals surface area contributed by atoms with Crippen LogP contribution in [0.5, 0.6) is 0 Å². The standard InChI is InChI=1S/C12H17BrFNO2S/c1-3-11(6-7-13)15-18(16,17)12-5-4-10(14)8-9(12)2/h4-5,8,11,15H,3,6-7H2,1-2H3. The molecule has 1 rings (SSSR count). The number of nitrogens with one attached hydrogen (secondary N) is 1. The van der Waals surface area contributed by atoms with Crippen molar-refractivity contribution >= 4 is 26.0 Å².